The molecule has 2 amide bonds. The summed E-state index contributed by atoms with van der Waals surface area (Å²) in [5.74, 6) is -0.0653. The van der Waals surface area contributed by atoms with Crippen molar-refractivity contribution < 1.29 is 24.0 Å². The van der Waals surface area contributed by atoms with E-state index in [4.69, 9.17) is 9.47 Å². The molecule has 230 valence electrons. The molecule has 0 radical (unpaired) electrons. The van der Waals surface area contributed by atoms with Gasteiger partial charge in [-0.3, -0.25) is 24.6 Å². The third kappa shape index (κ3) is 6.36. The van der Waals surface area contributed by atoms with E-state index in [9.17, 15) is 19.7 Å². The molecule has 1 spiro atoms. The van der Waals surface area contributed by atoms with Crippen LogP contribution in [-0.4, -0.2) is 92.9 Å². The molecule has 1 fully saturated rings. The lowest BCUT2D eigenvalue weighted by Gasteiger charge is -2.47. The van der Waals surface area contributed by atoms with Gasteiger partial charge in [-0.05, 0) is 43.7 Å². The second kappa shape index (κ2) is 13.1. The molecule has 0 aliphatic carbocycles. The first kappa shape index (κ1) is 30.5. The minimum absolute atomic E-state index is 0.0176. The van der Waals surface area contributed by atoms with Crippen LogP contribution in [-0.2, 0) is 19.7 Å². The van der Waals surface area contributed by atoms with Crippen molar-refractivity contribution in [3.63, 3.8) is 0 Å². The van der Waals surface area contributed by atoms with Crippen molar-refractivity contribution in [2.45, 2.75) is 31.4 Å². The largest absolute Gasteiger partial charge is 0.463 e. The normalized spacial score (nSPS) is 22.3. The molecular weight excluding hydrogens is 552 g/mol. The second-order valence-corrected chi connectivity index (χ2v) is 11.5. The van der Waals surface area contributed by atoms with Crippen molar-refractivity contribution in [1.29, 1.82) is 0 Å². The van der Waals surface area contributed by atoms with E-state index >= 15 is 0 Å². The van der Waals surface area contributed by atoms with Gasteiger partial charge >= 0.3 is 0 Å². The number of nitro benzene ring substituents is 1. The van der Waals surface area contributed by atoms with E-state index in [0.29, 0.717) is 63.8 Å². The first-order valence-corrected chi connectivity index (χ1v) is 14.8. The zero-order valence-corrected chi connectivity index (χ0v) is 24.8. The lowest BCUT2D eigenvalue weighted by Crippen LogP contribution is -2.60. The highest BCUT2D eigenvalue weighted by Gasteiger charge is 2.58. The van der Waals surface area contributed by atoms with E-state index in [1.807, 2.05) is 24.3 Å². The summed E-state index contributed by atoms with van der Waals surface area (Å²) < 4.78 is 12.9. The zero-order valence-electron chi connectivity index (χ0n) is 24.8. The molecule has 3 N–H and O–H groups in total. The van der Waals surface area contributed by atoms with Gasteiger partial charge in [0.05, 0.1) is 29.1 Å². The highest BCUT2D eigenvalue weighted by Crippen LogP contribution is 2.55. The zero-order chi connectivity index (χ0) is 30.5. The molecule has 3 aliphatic heterocycles. The number of carbonyl (C=O) groups is 2. The summed E-state index contributed by atoms with van der Waals surface area (Å²) in [4.78, 5) is 39.5. The van der Waals surface area contributed by atoms with Gasteiger partial charge in [0.25, 0.3) is 5.69 Å². The smallest absolute Gasteiger partial charge is 0.280 e. The van der Waals surface area contributed by atoms with Crippen molar-refractivity contribution in [3.05, 3.63) is 69.8 Å². The second-order valence-electron chi connectivity index (χ2n) is 11.5. The Morgan fingerprint density at radius 2 is 1.70 bits per heavy atom. The van der Waals surface area contributed by atoms with E-state index in [2.05, 4.69) is 51.7 Å². The molecule has 0 saturated carbocycles. The number of carbonyl (C=O) groups excluding carboxylic acids is 2. The van der Waals surface area contributed by atoms with Gasteiger partial charge in [0, 0.05) is 64.1 Å². The van der Waals surface area contributed by atoms with Crippen LogP contribution < -0.4 is 25.6 Å². The first-order chi connectivity index (χ1) is 20.7. The van der Waals surface area contributed by atoms with Crippen molar-refractivity contribution in [2.75, 3.05) is 70.5 Å². The summed E-state index contributed by atoms with van der Waals surface area (Å²) in [5.41, 5.74) is 1.31. The molecule has 2 aromatic rings. The topological polar surface area (TPSA) is 138 Å². The van der Waals surface area contributed by atoms with Crippen LogP contribution in [0.15, 0.2) is 48.5 Å². The SMILES string of the molecule is CC1(C)c2ccccc2N(CCOCCN2CCNCCNC(=O)CC(=O)NCC2)C12C=Cc1c(cccc1[N+](=O)[O-])O2. The van der Waals surface area contributed by atoms with Crippen molar-refractivity contribution in [3.8, 4) is 5.75 Å². The maximum Gasteiger partial charge on any atom is 0.280 e. The van der Waals surface area contributed by atoms with Crippen molar-refractivity contribution >= 4 is 29.3 Å². The molecule has 3 aliphatic rings. The Balaban J connectivity index is 1.24. The number of nitrogens with zero attached hydrogens (tertiary/aromatic N) is 3. The maximum absolute atomic E-state index is 12.0. The van der Waals surface area contributed by atoms with E-state index in [1.165, 1.54) is 6.07 Å². The van der Waals surface area contributed by atoms with Gasteiger partial charge in [-0.25, -0.2) is 0 Å². The Morgan fingerprint density at radius 1 is 0.953 bits per heavy atom. The van der Waals surface area contributed by atoms with Crippen LogP contribution in [0, 0.1) is 10.1 Å². The summed E-state index contributed by atoms with van der Waals surface area (Å²) in [7, 11) is 0. The fourth-order valence-corrected chi connectivity index (χ4v) is 6.12. The minimum Gasteiger partial charge on any atom is -0.463 e. The van der Waals surface area contributed by atoms with Crippen LogP contribution in [0.5, 0.6) is 5.75 Å². The molecule has 2 aromatic carbocycles. The van der Waals surface area contributed by atoms with Gasteiger partial charge in [0.1, 0.15) is 12.2 Å². The average molecular weight is 593 g/mol. The lowest BCUT2D eigenvalue weighted by atomic mass is 9.76. The minimum atomic E-state index is -0.891. The molecule has 0 aromatic heterocycles. The third-order valence-corrected chi connectivity index (χ3v) is 8.46. The van der Waals surface area contributed by atoms with Crippen LogP contribution in [0.1, 0.15) is 31.4 Å². The van der Waals surface area contributed by atoms with Gasteiger partial charge in [-0.15, -0.1) is 0 Å². The summed E-state index contributed by atoms with van der Waals surface area (Å²) in [5, 5.41) is 20.5. The summed E-state index contributed by atoms with van der Waals surface area (Å²) in [6.07, 6.45) is 3.60. The molecule has 1 unspecified atom stereocenters. The fourth-order valence-electron chi connectivity index (χ4n) is 6.12. The molecular formula is C31H40N6O6. The standard InChI is InChI=1S/C31H40N6O6/c1-30(2)24-6-3-4-7-26(24)36(31(30)11-10-23-25(37(40)41)8-5-9-27(23)43-31)19-21-42-20-18-35-16-14-32-12-13-33-28(38)22-29(39)34-15-17-35/h3-11,32H,12-22H2,1-2H3,(H,33,38)(H,34,39). The van der Waals surface area contributed by atoms with Crippen molar-refractivity contribution in [2.24, 2.45) is 0 Å². The number of ether oxygens (including phenoxy) is 2. The van der Waals surface area contributed by atoms with Crippen LogP contribution in [0.2, 0.25) is 0 Å². The molecule has 1 saturated heterocycles. The first-order valence-electron chi connectivity index (χ1n) is 14.8. The molecule has 1 atom stereocenters. The molecule has 5 rings (SSSR count). The number of rotatable bonds is 7. The Kier molecular flexibility index (Phi) is 9.28. The summed E-state index contributed by atoms with van der Waals surface area (Å²) in [6, 6.07) is 13.1. The quantitative estimate of drug-likeness (QED) is 0.191. The number of amides is 2. The Labute approximate surface area is 251 Å². The van der Waals surface area contributed by atoms with Crippen LogP contribution >= 0.6 is 0 Å². The van der Waals surface area contributed by atoms with E-state index in [1.54, 1.807) is 12.1 Å². The number of para-hydroxylation sites is 1. The Morgan fingerprint density at radius 3 is 2.51 bits per heavy atom. The van der Waals surface area contributed by atoms with E-state index in [0.717, 1.165) is 24.3 Å². The number of fused-ring (bicyclic) bond motifs is 2. The van der Waals surface area contributed by atoms with Crippen LogP contribution in [0.3, 0.4) is 0 Å². The molecule has 43 heavy (non-hydrogen) atoms. The molecule has 12 heteroatoms. The number of anilines is 1. The van der Waals surface area contributed by atoms with E-state index < -0.39 is 11.1 Å². The van der Waals surface area contributed by atoms with Crippen LogP contribution in [0.4, 0.5) is 11.4 Å². The average Bonchev–Trinajstić information content (AvgIpc) is 3.16. The molecule has 12 nitrogen and oxygen atoms in total. The monoisotopic (exact) mass is 592 g/mol. The number of hydrogen-bond acceptors (Lipinski definition) is 9. The predicted molar refractivity (Wildman–Crippen MR) is 163 cm³/mol. The van der Waals surface area contributed by atoms with Gasteiger partial charge in [-0.2, -0.15) is 0 Å². The lowest BCUT2D eigenvalue weighted by molar-refractivity contribution is -0.385. The van der Waals surface area contributed by atoms with Gasteiger partial charge < -0.3 is 30.3 Å². The van der Waals surface area contributed by atoms with E-state index in [-0.39, 0.29) is 28.8 Å². The van der Waals surface area contributed by atoms with Gasteiger partial charge in [-0.1, -0.05) is 24.3 Å². The van der Waals surface area contributed by atoms with Crippen LogP contribution in [0.25, 0.3) is 6.08 Å². The van der Waals surface area contributed by atoms with Gasteiger partial charge in [0.2, 0.25) is 17.5 Å². The Bertz CT molecular complexity index is 1380. The third-order valence-electron chi connectivity index (χ3n) is 8.46. The fraction of sp³-hybridized carbons (Fsp3) is 0.484. The predicted octanol–water partition coefficient (Wildman–Crippen LogP) is 2.04. The molecule has 3 heterocycles. The number of hydrogen-bond donors (Lipinski definition) is 3. The highest BCUT2D eigenvalue weighted by molar-refractivity contribution is 5.96. The summed E-state index contributed by atoms with van der Waals surface area (Å²) in [6.45, 7) is 10.2. The van der Waals surface area contributed by atoms with Crippen molar-refractivity contribution in [1.82, 2.24) is 20.9 Å². The number of nitrogens with one attached hydrogen (secondary N) is 3. The number of benzene rings is 2. The number of nitro groups is 1. The highest BCUT2D eigenvalue weighted by atomic mass is 16.6. The Hall–Kier alpha value is -4.00. The molecule has 0 bridgehead atoms. The van der Waals surface area contributed by atoms with Gasteiger partial charge in [0.15, 0.2) is 0 Å². The summed E-state index contributed by atoms with van der Waals surface area (Å²) >= 11 is 0. The maximum atomic E-state index is 12.0.